The molecule has 0 bridgehead atoms. The lowest BCUT2D eigenvalue weighted by molar-refractivity contribution is -0.150. The molecule has 0 saturated heterocycles. The van der Waals surface area contributed by atoms with Gasteiger partial charge in [0.05, 0.1) is 0 Å². The van der Waals surface area contributed by atoms with E-state index in [1.807, 2.05) is 0 Å². The zero-order chi connectivity index (χ0) is 36.4. The van der Waals surface area contributed by atoms with Gasteiger partial charge in [0, 0.05) is 12.8 Å². The molecule has 0 spiro atoms. The maximum atomic E-state index is 12.7. The number of hydrogen-bond donors (Lipinski definition) is 1. The van der Waals surface area contributed by atoms with Crippen molar-refractivity contribution < 1.29 is 19.4 Å². The maximum absolute atomic E-state index is 12.7. The number of esters is 1. The zero-order valence-electron chi connectivity index (χ0n) is 33.5. The third-order valence-electron chi connectivity index (χ3n) is 9.88. The largest absolute Gasteiger partial charge is 0.481 e. The number of unbranched alkanes of at least 4 members (excludes halogenated alkanes) is 25. The number of carbonyl (C=O) groups is 2. The average molecular weight is 701 g/mol. The Kier molecular flexibility index (Phi) is 40.0. The van der Waals surface area contributed by atoms with Gasteiger partial charge in [0.25, 0.3) is 0 Å². The Morgan fingerprint density at radius 3 is 1.30 bits per heavy atom. The molecule has 0 aliphatic rings. The van der Waals surface area contributed by atoms with E-state index in [9.17, 15) is 9.59 Å². The molecule has 292 valence electrons. The molecule has 0 radical (unpaired) electrons. The highest BCUT2D eigenvalue weighted by Gasteiger charge is 2.14. The van der Waals surface area contributed by atoms with Gasteiger partial charge in [-0.05, 0) is 70.6 Å². The fourth-order valence-electron chi connectivity index (χ4n) is 6.67. The first-order chi connectivity index (χ1) is 24.6. The second-order valence-electron chi connectivity index (χ2n) is 14.9. The summed E-state index contributed by atoms with van der Waals surface area (Å²) in [5.74, 6) is -0.703. The summed E-state index contributed by atoms with van der Waals surface area (Å²) in [6, 6.07) is 0. The van der Waals surface area contributed by atoms with Crippen LogP contribution in [-0.4, -0.2) is 23.1 Å². The Balaban J connectivity index is 4.01. The second-order valence-corrected chi connectivity index (χ2v) is 14.9. The number of carbonyl (C=O) groups excluding carboxylic acids is 1. The molecule has 0 aromatic heterocycles. The van der Waals surface area contributed by atoms with E-state index >= 15 is 0 Å². The predicted molar refractivity (Wildman–Crippen MR) is 218 cm³/mol. The number of rotatable bonds is 40. The van der Waals surface area contributed by atoms with Crippen LogP contribution in [0.4, 0.5) is 0 Å². The van der Waals surface area contributed by atoms with Gasteiger partial charge in [-0.15, -0.1) is 0 Å². The molecule has 0 rings (SSSR count). The molecule has 0 aromatic rings. The van der Waals surface area contributed by atoms with Gasteiger partial charge in [-0.3, -0.25) is 9.59 Å². The topological polar surface area (TPSA) is 63.6 Å². The Morgan fingerprint density at radius 2 is 0.840 bits per heavy atom. The highest BCUT2D eigenvalue weighted by molar-refractivity contribution is 5.69. The second kappa shape index (κ2) is 41.6. The zero-order valence-corrected chi connectivity index (χ0v) is 33.5. The molecule has 0 aliphatic carbocycles. The number of carboxylic acids is 1. The quantitative estimate of drug-likeness (QED) is 0.0393. The average Bonchev–Trinajstić information content (AvgIpc) is 3.10. The van der Waals surface area contributed by atoms with Crippen LogP contribution in [0.25, 0.3) is 0 Å². The summed E-state index contributed by atoms with van der Waals surface area (Å²) in [4.78, 5) is 23.5. The summed E-state index contributed by atoms with van der Waals surface area (Å²) in [6.45, 7) is 4.45. The minimum atomic E-state index is -0.700. The lowest BCUT2D eigenvalue weighted by Crippen LogP contribution is -2.18. The van der Waals surface area contributed by atoms with Crippen molar-refractivity contribution in [3.05, 3.63) is 36.5 Å². The van der Waals surface area contributed by atoms with Gasteiger partial charge in [0.2, 0.25) is 0 Å². The van der Waals surface area contributed by atoms with Crippen LogP contribution in [0.3, 0.4) is 0 Å². The van der Waals surface area contributed by atoms with Crippen LogP contribution in [0.5, 0.6) is 0 Å². The van der Waals surface area contributed by atoms with Crippen molar-refractivity contribution in [2.75, 3.05) is 0 Å². The Morgan fingerprint density at radius 1 is 0.460 bits per heavy atom. The molecule has 4 heteroatoms. The first-order valence-electron chi connectivity index (χ1n) is 22.0. The first kappa shape index (κ1) is 48.2. The van der Waals surface area contributed by atoms with Crippen molar-refractivity contribution in [3.8, 4) is 0 Å². The molecule has 0 fully saturated rings. The molecule has 1 N–H and O–H groups in total. The summed E-state index contributed by atoms with van der Waals surface area (Å²) < 4.78 is 6.03. The van der Waals surface area contributed by atoms with Crippen molar-refractivity contribution in [2.45, 2.75) is 245 Å². The first-order valence-corrected chi connectivity index (χ1v) is 22.0. The van der Waals surface area contributed by atoms with Gasteiger partial charge in [0.15, 0.2) is 0 Å². The van der Waals surface area contributed by atoms with E-state index in [4.69, 9.17) is 9.84 Å². The van der Waals surface area contributed by atoms with Gasteiger partial charge in [-0.25, -0.2) is 0 Å². The molecule has 0 aliphatic heterocycles. The van der Waals surface area contributed by atoms with Crippen molar-refractivity contribution in [1.82, 2.24) is 0 Å². The van der Waals surface area contributed by atoms with Crippen LogP contribution in [-0.2, 0) is 14.3 Å². The predicted octanol–water partition coefficient (Wildman–Crippen LogP) is 15.3. The lowest BCUT2D eigenvalue weighted by atomic mass is 10.0. The van der Waals surface area contributed by atoms with Gasteiger partial charge in [-0.1, -0.05) is 192 Å². The number of hydrogen-bond acceptors (Lipinski definition) is 3. The van der Waals surface area contributed by atoms with E-state index in [-0.39, 0.29) is 18.5 Å². The summed E-state index contributed by atoms with van der Waals surface area (Å²) in [5.41, 5.74) is 0. The maximum Gasteiger partial charge on any atom is 0.306 e. The Hall–Kier alpha value is -1.84. The standard InChI is InChI=1S/C46H84O4/c1-3-5-7-9-11-13-15-17-19-20-22-24-26-28-30-35-39-43-46(49)50-44(41-37-33-31-34-38-42-45(47)48)40-36-32-29-27-25-23-21-18-16-14-12-10-8-6-4-2/h5,7,11,13,17,19,44H,3-4,6,8-10,12,14-16,18,20-43H2,1-2H3,(H,47,48)/b7-5-,13-11-,19-17-. The van der Waals surface area contributed by atoms with Gasteiger partial charge >= 0.3 is 11.9 Å². The SMILES string of the molecule is CC/C=C\C/C=C\C/C=C\CCCCCCCCCC(=O)OC(CCCCCCCCCCCCCCCCC)CCCCCCCC(=O)O. The Bertz CT molecular complexity index is 798. The molecule has 4 nitrogen and oxygen atoms in total. The summed E-state index contributed by atoms with van der Waals surface area (Å²) >= 11 is 0. The van der Waals surface area contributed by atoms with Crippen LogP contribution in [0.15, 0.2) is 36.5 Å². The monoisotopic (exact) mass is 701 g/mol. The van der Waals surface area contributed by atoms with E-state index in [0.29, 0.717) is 6.42 Å². The highest BCUT2D eigenvalue weighted by atomic mass is 16.5. The lowest BCUT2D eigenvalue weighted by Gasteiger charge is -2.18. The summed E-state index contributed by atoms with van der Waals surface area (Å²) in [5, 5.41) is 8.84. The molecule has 0 saturated carbocycles. The van der Waals surface area contributed by atoms with Gasteiger partial charge < -0.3 is 9.84 Å². The number of carboxylic acid groups (broad SMARTS) is 1. The molecule has 0 aromatic carbocycles. The Labute approximate surface area is 311 Å². The third-order valence-corrected chi connectivity index (χ3v) is 9.88. The number of allylic oxidation sites excluding steroid dienone is 6. The minimum Gasteiger partial charge on any atom is -0.481 e. The molecular weight excluding hydrogens is 617 g/mol. The number of ether oxygens (including phenoxy) is 1. The molecule has 0 amide bonds. The summed E-state index contributed by atoms with van der Waals surface area (Å²) in [7, 11) is 0. The van der Waals surface area contributed by atoms with E-state index < -0.39 is 5.97 Å². The molecular formula is C46H84O4. The van der Waals surface area contributed by atoms with Crippen molar-refractivity contribution in [3.63, 3.8) is 0 Å². The van der Waals surface area contributed by atoms with Crippen LogP contribution >= 0.6 is 0 Å². The minimum absolute atomic E-state index is 0.00326. The van der Waals surface area contributed by atoms with Gasteiger partial charge in [-0.2, -0.15) is 0 Å². The normalized spacial score (nSPS) is 12.5. The number of aliphatic carboxylic acids is 1. The highest BCUT2D eigenvalue weighted by Crippen LogP contribution is 2.19. The summed E-state index contributed by atoms with van der Waals surface area (Å²) in [6.07, 6.45) is 54.6. The van der Waals surface area contributed by atoms with Crippen molar-refractivity contribution in [2.24, 2.45) is 0 Å². The van der Waals surface area contributed by atoms with Gasteiger partial charge in [0.1, 0.15) is 6.10 Å². The van der Waals surface area contributed by atoms with E-state index in [2.05, 4.69) is 50.3 Å². The molecule has 0 heterocycles. The van der Waals surface area contributed by atoms with Crippen LogP contribution in [0.2, 0.25) is 0 Å². The molecule has 50 heavy (non-hydrogen) atoms. The molecule has 1 atom stereocenters. The van der Waals surface area contributed by atoms with Crippen LogP contribution in [0.1, 0.15) is 239 Å². The smallest absolute Gasteiger partial charge is 0.306 e. The van der Waals surface area contributed by atoms with E-state index in [0.717, 1.165) is 83.5 Å². The fourth-order valence-corrected chi connectivity index (χ4v) is 6.67. The molecule has 1 unspecified atom stereocenters. The third kappa shape index (κ3) is 40.6. The van der Waals surface area contributed by atoms with Crippen molar-refractivity contribution >= 4 is 11.9 Å². The fraction of sp³-hybridized carbons (Fsp3) is 0.826. The van der Waals surface area contributed by atoms with E-state index in [1.54, 1.807) is 0 Å². The van der Waals surface area contributed by atoms with E-state index in [1.165, 1.54) is 128 Å². The van der Waals surface area contributed by atoms with Crippen LogP contribution in [0, 0.1) is 0 Å². The van der Waals surface area contributed by atoms with Crippen molar-refractivity contribution in [1.29, 1.82) is 0 Å². The van der Waals surface area contributed by atoms with Crippen LogP contribution < -0.4 is 0 Å².